The maximum absolute atomic E-state index is 13.4. The highest BCUT2D eigenvalue weighted by molar-refractivity contribution is 5.84. The highest BCUT2D eigenvalue weighted by atomic mass is 19.1. The molecule has 5 heteroatoms. The van der Waals surface area contributed by atoms with Gasteiger partial charge in [0.1, 0.15) is 17.9 Å². The van der Waals surface area contributed by atoms with Crippen LogP contribution in [-0.4, -0.2) is 17.5 Å². The van der Waals surface area contributed by atoms with Crippen molar-refractivity contribution in [3.63, 3.8) is 0 Å². The maximum atomic E-state index is 13.4. The van der Waals surface area contributed by atoms with Crippen LogP contribution in [0.1, 0.15) is 33.3 Å². The summed E-state index contributed by atoms with van der Waals surface area (Å²) in [4.78, 5) is 11.9. The summed E-state index contributed by atoms with van der Waals surface area (Å²) in [6.45, 7) is 7.36. The number of halogens is 1. The number of rotatable bonds is 3. The molecular weight excluding hydrogens is 245 g/mol. The predicted octanol–water partition coefficient (Wildman–Crippen LogP) is 2.41. The average molecular weight is 263 g/mol. The monoisotopic (exact) mass is 263 g/mol. The SMILES string of the molecule is CC(Nc1ccc(C#N)c(F)c1)C(=O)NC(C)(C)C. The number of nitriles is 1. The number of hydrogen-bond acceptors (Lipinski definition) is 3. The Bertz CT molecular complexity index is 514. The third-order valence-corrected chi connectivity index (χ3v) is 2.36. The number of anilines is 1. The van der Waals surface area contributed by atoms with Crippen LogP contribution in [0.5, 0.6) is 0 Å². The van der Waals surface area contributed by atoms with Crippen molar-refractivity contribution in [3.05, 3.63) is 29.6 Å². The van der Waals surface area contributed by atoms with Crippen LogP contribution in [0, 0.1) is 17.1 Å². The zero-order valence-corrected chi connectivity index (χ0v) is 11.5. The highest BCUT2D eigenvalue weighted by Gasteiger charge is 2.19. The molecule has 0 aliphatic carbocycles. The van der Waals surface area contributed by atoms with Gasteiger partial charge < -0.3 is 10.6 Å². The average Bonchev–Trinajstić information content (AvgIpc) is 2.27. The lowest BCUT2D eigenvalue weighted by molar-refractivity contribution is -0.122. The molecule has 1 atom stereocenters. The van der Waals surface area contributed by atoms with Gasteiger partial charge >= 0.3 is 0 Å². The van der Waals surface area contributed by atoms with E-state index in [1.54, 1.807) is 19.1 Å². The molecule has 19 heavy (non-hydrogen) atoms. The van der Waals surface area contributed by atoms with Gasteiger partial charge in [0.15, 0.2) is 0 Å². The van der Waals surface area contributed by atoms with Crippen LogP contribution in [0.3, 0.4) is 0 Å². The van der Waals surface area contributed by atoms with Crippen molar-refractivity contribution < 1.29 is 9.18 Å². The molecule has 0 aliphatic heterocycles. The molecule has 102 valence electrons. The van der Waals surface area contributed by atoms with E-state index >= 15 is 0 Å². The lowest BCUT2D eigenvalue weighted by atomic mass is 10.1. The van der Waals surface area contributed by atoms with Crippen molar-refractivity contribution in [2.75, 3.05) is 5.32 Å². The second-order valence-corrected chi connectivity index (χ2v) is 5.41. The van der Waals surface area contributed by atoms with Crippen LogP contribution in [0.15, 0.2) is 18.2 Å². The number of amides is 1. The fraction of sp³-hybridized carbons (Fsp3) is 0.429. The van der Waals surface area contributed by atoms with Crippen LogP contribution in [0.4, 0.5) is 10.1 Å². The molecule has 0 fully saturated rings. The minimum absolute atomic E-state index is 0.0163. The van der Waals surface area contributed by atoms with Crippen molar-refractivity contribution in [1.82, 2.24) is 5.32 Å². The van der Waals surface area contributed by atoms with Gasteiger partial charge in [0.25, 0.3) is 0 Å². The molecule has 0 saturated carbocycles. The summed E-state index contributed by atoms with van der Waals surface area (Å²) in [6.07, 6.45) is 0. The van der Waals surface area contributed by atoms with Gasteiger partial charge in [-0.2, -0.15) is 5.26 Å². The summed E-state index contributed by atoms with van der Waals surface area (Å²) in [5, 5.41) is 14.4. The Morgan fingerprint density at radius 3 is 2.53 bits per heavy atom. The minimum Gasteiger partial charge on any atom is -0.374 e. The predicted molar refractivity (Wildman–Crippen MR) is 72.1 cm³/mol. The molecular formula is C14H18FN3O. The summed E-state index contributed by atoms with van der Waals surface area (Å²) in [7, 11) is 0. The maximum Gasteiger partial charge on any atom is 0.242 e. The Hall–Kier alpha value is -2.09. The highest BCUT2D eigenvalue weighted by Crippen LogP contribution is 2.15. The number of hydrogen-bond donors (Lipinski definition) is 2. The van der Waals surface area contributed by atoms with Gasteiger partial charge in [-0.05, 0) is 45.9 Å². The van der Waals surface area contributed by atoms with Crippen LogP contribution < -0.4 is 10.6 Å². The second-order valence-electron chi connectivity index (χ2n) is 5.41. The molecule has 1 unspecified atom stereocenters. The minimum atomic E-state index is -0.601. The van der Waals surface area contributed by atoms with E-state index < -0.39 is 11.9 Å². The molecule has 0 aromatic heterocycles. The first-order chi connectivity index (χ1) is 8.73. The standard InChI is InChI=1S/C14H18FN3O/c1-9(13(19)18-14(2,3)4)17-11-6-5-10(8-16)12(15)7-11/h5-7,9,17H,1-4H3,(H,18,19). The van der Waals surface area contributed by atoms with E-state index in [4.69, 9.17) is 5.26 Å². The van der Waals surface area contributed by atoms with Gasteiger partial charge in [0, 0.05) is 11.2 Å². The first-order valence-corrected chi connectivity index (χ1v) is 6.01. The fourth-order valence-electron chi connectivity index (χ4n) is 1.49. The quantitative estimate of drug-likeness (QED) is 0.880. The van der Waals surface area contributed by atoms with E-state index in [0.29, 0.717) is 5.69 Å². The number of nitrogens with zero attached hydrogens (tertiary/aromatic N) is 1. The number of benzene rings is 1. The molecule has 4 nitrogen and oxygen atoms in total. The molecule has 0 spiro atoms. The number of nitrogens with one attached hydrogen (secondary N) is 2. The third-order valence-electron chi connectivity index (χ3n) is 2.36. The van der Waals surface area contributed by atoms with E-state index in [0.717, 1.165) is 0 Å². The molecule has 0 bridgehead atoms. The second kappa shape index (κ2) is 5.70. The van der Waals surface area contributed by atoms with Crippen molar-refractivity contribution in [3.8, 4) is 6.07 Å². The summed E-state index contributed by atoms with van der Waals surface area (Å²) < 4.78 is 13.4. The Morgan fingerprint density at radius 1 is 1.42 bits per heavy atom. The van der Waals surface area contributed by atoms with E-state index in [2.05, 4.69) is 10.6 Å². The van der Waals surface area contributed by atoms with Gasteiger partial charge in [-0.25, -0.2) is 4.39 Å². The topological polar surface area (TPSA) is 64.9 Å². The third kappa shape index (κ3) is 4.59. The van der Waals surface area contributed by atoms with E-state index in [9.17, 15) is 9.18 Å². The van der Waals surface area contributed by atoms with Crippen molar-refractivity contribution >= 4 is 11.6 Å². The van der Waals surface area contributed by atoms with Crippen LogP contribution in [0.25, 0.3) is 0 Å². The van der Waals surface area contributed by atoms with Gasteiger partial charge in [-0.15, -0.1) is 0 Å². The molecule has 1 rings (SSSR count). The van der Waals surface area contributed by atoms with Gasteiger partial charge in [-0.3, -0.25) is 4.79 Å². The fourth-order valence-corrected chi connectivity index (χ4v) is 1.49. The smallest absolute Gasteiger partial charge is 0.242 e. The number of carbonyl (C=O) groups excluding carboxylic acids is 1. The van der Waals surface area contributed by atoms with E-state index in [1.807, 2.05) is 20.8 Å². The molecule has 0 saturated heterocycles. The molecule has 0 heterocycles. The summed E-state index contributed by atoms with van der Waals surface area (Å²) in [6, 6.07) is 5.41. The molecule has 0 aliphatic rings. The molecule has 1 amide bonds. The van der Waals surface area contributed by atoms with Crippen LogP contribution >= 0.6 is 0 Å². The lowest BCUT2D eigenvalue weighted by Crippen LogP contribution is -2.47. The normalized spacial score (nSPS) is 12.4. The first-order valence-electron chi connectivity index (χ1n) is 6.01. The Morgan fingerprint density at radius 2 is 2.05 bits per heavy atom. The Balaban J connectivity index is 2.72. The Kier molecular flexibility index (Phi) is 4.49. The van der Waals surface area contributed by atoms with E-state index in [1.165, 1.54) is 12.1 Å². The summed E-state index contributed by atoms with van der Waals surface area (Å²) >= 11 is 0. The first kappa shape index (κ1) is 15.0. The molecule has 2 N–H and O–H groups in total. The van der Waals surface area contributed by atoms with Crippen LogP contribution in [-0.2, 0) is 4.79 Å². The molecule has 0 radical (unpaired) electrons. The zero-order valence-electron chi connectivity index (χ0n) is 11.5. The van der Waals surface area contributed by atoms with Crippen molar-refractivity contribution in [2.24, 2.45) is 0 Å². The number of carbonyl (C=O) groups is 1. The van der Waals surface area contributed by atoms with E-state index in [-0.39, 0.29) is 17.0 Å². The zero-order chi connectivity index (χ0) is 14.6. The summed E-state index contributed by atoms with van der Waals surface area (Å²) in [5.41, 5.74) is 0.133. The van der Waals surface area contributed by atoms with Gasteiger partial charge in [0.05, 0.1) is 5.56 Å². The molecule has 1 aromatic rings. The van der Waals surface area contributed by atoms with Gasteiger partial charge in [-0.1, -0.05) is 0 Å². The largest absolute Gasteiger partial charge is 0.374 e. The summed E-state index contributed by atoms with van der Waals surface area (Å²) in [5.74, 6) is -0.770. The van der Waals surface area contributed by atoms with Crippen LogP contribution in [0.2, 0.25) is 0 Å². The van der Waals surface area contributed by atoms with Crippen molar-refractivity contribution in [1.29, 1.82) is 5.26 Å². The van der Waals surface area contributed by atoms with Gasteiger partial charge in [0.2, 0.25) is 5.91 Å². The lowest BCUT2D eigenvalue weighted by Gasteiger charge is -2.24. The Labute approximate surface area is 112 Å². The molecule has 1 aromatic carbocycles. The van der Waals surface area contributed by atoms with Crippen molar-refractivity contribution in [2.45, 2.75) is 39.3 Å².